The van der Waals surface area contributed by atoms with Gasteiger partial charge in [-0.25, -0.2) is 0 Å². The van der Waals surface area contributed by atoms with E-state index in [-0.39, 0.29) is 5.92 Å². The van der Waals surface area contributed by atoms with E-state index in [9.17, 15) is 4.79 Å². The fraction of sp³-hybridized carbons (Fsp3) is 0.923. The third kappa shape index (κ3) is 3.30. The first-order valence-electron chi connectivity index (χ1n) is 6.29. The Labute approximate surface area is 94.4 Å². The van der Waals surface area contributed by atoms with Gasteiger partial charge in [0.15, 0.2) is 5.78 Å². The summed E-state index contributed by atoms with van der Waals surface area (Å²) in [4.78, 5) is 12.4. The van der Waals surface area contributed by atoms with Crippen LogP contribution >= 0.6 is 0 Å². The Bertz CT molecular complexity index is 179. The molecule has 0 aliphatic carbocycles. The highest BCUT2D eigenvalue weighted by Crippen LogP contribution is 2.28. The zero-order chi connectivity index (χ0) is 11.9. The second-order valence-corrected chi connectivity index (χ2v) is 4.01. The lowest BCUT2D eigenvalue weighted by Gasteiger charge is -2.33. The third-order valence-electron chi connectivity index (χ3n) is 3.37. The highest BCUT2D eigenvalue weighted by Gasteiger charge is 2.38. The maximum atomic E-state index is 12.4. The van der Waals surface area contributed by atoms with E-state index >= 15 is 0 Å². The number of ketones is 1. The van der Waals surface area contributed by atoms with Gasteiger partial charge < -0.3 is 4.74 Å². The van der Waals surface area contributed by atoms with Gasteiger partial charge in [0.2, 0.25) is 0 Å². The van der Waals surface area contributed by atoms with Crippen molar-refractivity contribution in [3.8, 4) is 0 Å². The van der Waals surface area contributed by atoms with Crippen molar-refractivity contribution in [3.63, 3.8) is 0 Å². The summed E-state index contributed by atoms with van der Waals surface area (Å²) in [5, 5.41) is 0. The molecule has 0 aliphatic rings. The van der Waals surface area contributed by atoms with Crippen LogP contribution in [-0.2, 0) is 9.53 Å². The molecule has 0 saturated carbocycles. The van der Waals surface area contributed by atoms with Crippen LogP contribution in [0, 0.1) is 5.92 Å². The molecule has 0 saturated heterocycles. The molecule has 0 fully saturated rings. The molecule has 0 aromatic rings. The first-order valence-corrected chi connectivity index (χ1v) is 6.29. The second kappa shape index (κ2) is 7.00. The van der Waals surface area contributed by atoms with Crippen molar-refractivity contribution in [1.29, 1.82) is 0 Å². The molecule has 0 atom stereocenters. The quantitative estimate of drug-likeness (QED) is 0.617. The minimum atomic E-state index is -0.522. The van der Waals surface area contributed by atoms with E-state index in [4.69, 9.17) is 4.74 Å². The van der Waals surface area contributed by atoms with Gasteiger partial charge >= 0.3 is 0 Å². The molecule has 0 N–H and O–H groups in total. The van der Waals surface area contributed by atoms with Crippen LogP contribution in [0.1, 0.15) is 60.3 Å². The van der Waals surface area contributed by atoms with Crippen LogP contribution in [0.5, 0.6) is 0 Å². The SMILES string of the molecule is CCOC(CC)(CC)C(=O)C(CC)CC. The minimum absolute atomic E-state index is 0.163. The van der Waals surface area contributed by atoms with Crippen molar-refractivity contribution in [2.75, 3.05) is 6.61 Å². The van der Waals surface area contributed by atoms with Gasteiger partial charge in [-0.2, -0.15) is 0 Å². The minimum Gasteiger partial charge on any atom is -0.368 e. The molecule has 0 rings (SSSR count). The lowest BCUT2D eigenvalue weighted by Crippen LogP contribution is -2.44. The smallest absolute Gasteiger partial charge is 0.167 e. The van der Waals surface area contributed by atoms with Crippen molar-refractivity contribution < 1.29 is 9.53 Å². The number of ether oxygens (including phenoxy) is 1. The Morgan fingerprint density at radius 2 is 1.53 bits per heavy atom. The van der Waals surface area contributed by atoms with Gasteiger partial charge in [-0.3, -0.25) is 4.79 Å². The van der Waals surface area contributed by atoms with Gasteiger partial charge in [0, 0.05) is 12.5 Å². The van der Waals surface area contributed by atoms with E-state index in [2.05, 4.69) is 13.8 Å². The van der Waals surface area contributed by atoms with Gasteiger partial charge in [-0.05, 0) is 32.6 Å². The Morgan fingerprint density at radius 3 is 1.80 bits per heavy atom. The topological polar surface area (TPSA) is 26.3 Å². The van der Waals surface area contributed by atoms with E-state index in [0.717, 1.165) is 25.7 Å². The summed E-state index contributed by atoms with van der Waals surface area (Å²) in [5.41, 5.74) is -0.522. The van der Waals surface area contributed by atoms with Crippen LogP contribution in [0.3, 0.4) is 0 Å². The third-order valence-corrected chi connectivity index (χ3v) is 3.37. The summed E-state index contributed by atoms with van der Waals surface area (Å²) in [5.74, 6) is 0.468. The molecule has 0 spiro atoms. The normalized spacial score (nSPS) is 12.1. The van der Waals surface area contributed by atoms with Crippen molar-refractivity contribution in [3.05, 3.63) is 0 Å². The van der Waals surface area contributed by atoms with Gasteiger partial charge in [-0.1, -0.05) is 27.7 Å². The molecule has 0 heterocycles. The number of carbonyl (C=O) groups excluding carboxylic acids is 1. The van der Waals surface area contributed by atoms with Crippen molar-refractivity contribution in [2.45, 2.75) is 65.9 Å². The first-order chi connectivity index (χ1) is 7.11. The maximum absolute atomic E-state index is 12.4. The molecule has 0 aliphatic heterocycles. The molecule has 15 heavy (non-hydrogen) atoms. The summed E-state index contributed by atoms with van der Waals surface area (Å²) >= 11 is 0. The number of hydrogen-bond acceptors (Lipinski definition) is 2. The number of carbonyl (C=O) groups is 1. The maximum Gasteiger partial charge on any atom is 0.167 e. The first kappa shape index (κ1) is 14.6. The molecule has 2 heteroatoms. The zero-order valence-corrected chi connectivity index (χ0v) is 10.9. The van der Waals surface area contributed by atoms with Crippen LogP contribution < -0.4 is 0 Å². The van der Waals surface area contributed by atoms with Crippen LogP contribution in [-0.4, -0.2) is 18.0 Å². The van der Waals surface area contributed by atoms with Gasteiger partial charge in [0.1, 0.15) is 5.60 Å². The van der Waals surface area contributed by atoms with Crippen LogP contribution in [0.15, 0.2) is 0 Å². The number of Topliss-reactive ketones (excluding diaryl/α,β-unsaturated/α-hetero) is 1. The molecular formula is C13H26O2. The standard InChI is InChI=1S/C13H26O2/c1-6-11(7-2)12(14)13(8-3,9-4)15-10-5/h11H,6-10H2,1-5H3. The van der Waals surface area contributed by atoms with Gasteiger partial charge in [0.25, 0.3) is 0 Å². The molecule has 0 bridgehead atoms. The second-order valence-electron chi connectivity index (χ2n) is 4.01. The molecule has 0 radical (unpaired) electrons. The lowest BCUT2D eigenvalue weighted by atomic mass is 9.82. The predicted octanol–water partition coefficient (Wildman–Crippen LogP) is 3.59. The molecule has 0 unspecified atom stereocenters. The summed E-state index contributed by atoms with van der Waals surface area (Å²) in [6.07, 6.45) is 3.41. The average Bonchev–Trinajstić information content (AvgIpc) is 2.27. The van der Waals surface area contributed by atoms with Gasteiger partial charge in [0.05, 0.1) is 0 Å². The van der Waals surface area contributed by atoms with Crippen LogP contribution in [0.25, 0.3) is 0 Å². The Balaban J connectivity index is 4.80. The van der Waals surface area contributed by atoms with Crippen molar-refractivity contribution in [2.24, 2.45) is 5.92 Å². The molecule has 0 aromatic carbocycles. The molecule has 90 valence electrons. The lowest BCUT2D eigenvalue weighted by molar-refractivity contribution is -0.150. The summed E-state index contributed by atoms with van der Waals surface area (Å²) in [7, 11) is 0. The Hall–Kier alpha value is -0.370. The predicted molar refractivity (Wildman–Crippen MR) is 64.0 cm³/mol. The Kier molecular flexibility index (Phi) is 6.82. The molecule has 0 amide bonds. The number of hydrogen-bond donors (Lipinski definition) is 0. The summed E-state index contributed by atoms with van der Waals surface area (Å²) < 4.78 is 5.72. The molecule has 0 aromatic heterocycles. The van der Waals surface area contributed by atoms with Crippen LogP contribution in [0.4, 0.5) is 0 Å². The summed E-state index contributed by atoms with van der Waals surface area (Å²) in [6.45, 7) is 10.8. The highest BCUT2D eigenvalue weighted by molar-refractivity contribution is 5.89. The van der Waals surface area contributed by atoms with E-state index in [0.29, 0.717) is 12.4 Å². The van der Waals surface area contributed by atoms with Crippen molar-refractivity contribution in [1.82, 2.24) is 0 Å². The largest absolute Gasteiger partial charge is 0.368 e. The van der Waals surface area contributed by atoms with E-state index in [1.54, 1.807) is 0 Å². The van der Waals surface area contributed by atoms with E-state index in [1.807, 2.05) is 20.8 Å². The highest BCUT2D eigenvalue weighted by atomic mass is 16.5. The van der Waals surface area contributed by atoms with Crippen LogP contribution in [0.2, 0.25) is 0 Å². The fourth-order valence-corrected chi connectivity index (χ4v) is 2.18. The van der Waals surface area contributed by atoms with E-state index < -0.39 is 5.60 Å². The number of rotatable bonds is 8. The molecular weight excluding hydrogens is 188 g/mol. The zero-order valence-electron chi connectivity index (χ0n) is 10.9. The monoisotopic (exact) mass is 214 g/mol. The molecule has 2 nitrogen and oxygen atoms in total. The summed E-state index contributed by atoms with van der Waals surface area (Å²) in [6, 6.07) is 0. The Morgan fingerprint density at radius 1 is 1.07 bits per heavy atom. The average molecular weight is 214 g/mol. The van der Waals surface area contributed by atoms with Crippen molar-refractivity contribution >= 4 is 5.78 Å². The fourth-order valence-electron chi connectivity index (χ4n) is 2.18. The van der Waals surface area contributed by atoms with E-state index in [1.165, 1.54) is 0 Å². The van der Waals surface area contributed by atoms with Gasteiger partial charge in [-0.15, -0.1) is 0 Å².